The molecule has 0 aliphatic heterocycles. The monoisotopic (exact) mass is 316 g/mol. The van der Waals surface area contributed by atoms with Crippen molar-refractivity contribution >= 4 is 21.6 Å². The van der Waals surface area contributed by atoms with Gasteiger partial charge in [0.15, 0.2) is 0 Å². The van der Waals surface area contributed by atoms with Crippen LogP contribution in [0.1, 0.15) is 37.3 Å². The van der Waals surface area contributed by atoms with Crippen molar-refractivity contribution in [3.63, 3.8) is 0 Å². The lowest BCUT2D eigenvalue weighted by Gasteiger charge is -2.14. The minimum atomic E-state index is -3.48. The highest BCUT2D eigenvalue weighted by atomic mass is 35.5. The maximum absolute atomic E-state index is 12.3. The first-order chi connectivity index (χ1) is 9.44. The van der Waals surface area contributed by atoms with E-state index in [1.54, 1.807) is 0 Å². The van der Waals surface area contributed by atoms with Crippen LogP contribution in [-0.2, 0) is 16.6 Å². The molecule has 112 valence electrons. The van der Waals surface area contributed by atoms with Gasteiger partial charge >= 0.3 is 0 Å². The van der Waals surface area contributed by atoms with Gasteiger partial charge in [0.2, 0.25) is 10.0 Å². The Morgan fingerprint density at radius 1 is 1.35 bits per heavy atom. The van der Waals surface area contributed by atoms with Crippen molar-refractivity contribution in [3.05, 3.63) is 28.3 Å². The van der Waals surface area contributed by atoms with Crippen LogP contribution in [0.15, 0.2) is 17.0 Å². The molecule has 1 aliphatic carbocycles. The standard InChI is InChI=1S/C14H21ClN2O2S/c1-3-6-17-20(18,19)14-8-12(15)7-11(10(14)2)9-16-13-4-5-13/h7-8,13,16-17H,3-6,9H2,1-2H3. The lowest BCUT2D eigenvalue weighted by molar-refractivity contribution is 0.579. The molecule has 0 spiro atoms. The molecule has 1 saturated carbocycles. The fraction of sp³-hybridized carbons (Fsp3) is 0.571. The van der Waals surface area contributed by atoms with Gasteiger partial charge in [-0.3, -0.25) is 0 Å². The summed E-state index contributed by atoms with van der Waals surface area (Å²) in [6.45, 7) is 4.86. The predicted octanol–water partition coefficient (Wildman–Crippen LogP) is 2.59. The maximum Gasteiger partial charge on any atom is 0.240 e. The van der Waals surface area contributed by atoms with Crippen molar-refractivity contribution in [2.45, 2.75) is 50.6 Å². The Bertz CT molecular complexity index is 583. The molecule has 2 rings (SSSR count). The third-order valence-electron chi connectivity index (χ3n) is 3.42. The van der Waals surface area contributed by atoms with Crippen molar-refractivity contribution in [1.29, 1.82) is 0 Å². The first-order valence-electron chi connectivity index (χ1n) is 6.96. The van der Waals surface area contributed by atoms with Gasteiger partial charge in [-0.2, -0.15) is 0 Å². The van der Waals surface area contributed by atoms with E-state index in [9.17, 15) is 8.42 Å². The number of nitrogens with one attached hydrogen (secondary N) is 2. The Morgan fingerprint density at radius 2 is 2.05 bits per heavy atom. The summed E-state index contributed by atoms with van der Waals surface area (Å²) in [5.41, 5.74) is 1.72. The number of sulfonamides is 1. The second kappa shape index (κ2) is 6.43. The number of rotatable bonds is 7. The molecule has 0 amide bonds. The summed E-state index contributed by atoms with van der Waals surface area (Å²) in [6.07, 6.45) is 3.15. The van der Waals surface area contributed by atoms with Crippen molar-refractivity contribution in [3.8, 4) is 0 Å². The summed E-state index contributed by atoms with van der Waals surface area (Å²) in [7, 11) is -3.48. The van der Waals surface area contributed by atoms with Crippen LogP contribution in [0.3, 0.4) is 0 Å². The highest BCUT2D eigenvalue weighted by Gasteiger charge is 2.22. The summed E-state index contributed by atoms with van der Waals surface area (Å²) in [4.78, 5) is 0.283. The van der Waals surface area contributed by atoms with Gasteiger partial charge in [0.1, 0.15) is 0 Å². The molecular weight excluding hydrogens is 296 g/mol. The molecule has 0 atom stereocenters. The smallest absolute Gasteiger partial charge is 0.240 e. The first-order valence-corrected chi connectivity index (χ1v) is 8.82. The van der Waals surface area contributed by atoms with Crippen molar-refractivity contribution in [2.75, 3.05) is 6.54 Å². The van der Waals surface area contributed by atoms with Gasteiger partial charge < -0.3 is 5.32 Å². The summed E-state index contributed by atoms with van der Waals surface area (Å²) in [5.74, 6) is 0. The van der Waals surface area contributed by atoms with Gasteiger partial charge in [-0.15, -0.1) is 0 Å². The highest BCUT2D eigenvalue weighted by Crippen LogP contribution is 2.26. The molecule has 0 radical (unpaired) electrons. The third-order valence-corrected chi connectivity index (χ3v) is 5.23. The number of hydrogen-bond acceptors (Lipinski definition) is 3. The third kappa shape index (κ3) is 3.95. The molecular formula is C14H21ClN2O2S. The average molecular weight is 317 g/mol. The fourth-order valence-electron chi connectivity index (χ4n) is 2.03. The lowest BCUT2D eigenvalue weighted by Crippen LogP contribution is -2.26. The molecule has 0 heterocycles. The Kier molecular flexibility index (Phi) is 5.07. The van der Waals surface area contributed by atoms with E-state index >= 15 is 0 Å². The largest absolute Gasteiger partial charge is 0.310 e. The van der Waals surface area contributed by atoms with E-state index in [1.807, 2.05) is 19.9 Å². The Hall–Kier alpha value is -0.620. The molecule has 1 aromatic rings. The van der Waals surface area contributed by atoms with Gasteiger partial charge in [0.25, 0.3) is 0 Å². The van der Waals surface area contributed by atoms with E-state index in [1.165, 1.54) is 18.9 Å². The zero-order valence-corrected chi connectivity index (χ0v) is 13.4. The fourth-order valence-corrected chi connectivity index (χ4v) is 3.78. The second-order valence-corrected chi connectivity index (χ2v) is 7.41. The summed E-state index contributed by atoms with van der Waals surface area (Å²) in [5, 5.41) is 3.85. The van der Waals surface area contributed by atoms with Gasteiger partial charge in [-0.05, 0) is 49.4 Å². The topological polar surface area (TPSA) is 58.2 Å². The highest BCUT2D eigenvalue weighted by molar-refractivity contribution is 7.89. The SMILES string of the molecule is CCCNS(=O)(=O)c1cc(Cl)cc(CNC2CC2)c1C. The van der Waals surface area contributed by atoms with E-state index in [0.29, 0.717) is 24.2 Å². The van der Waals surface area contributed by atoms with Crippen LogP contribution in [0.4, 0.5) is 0 Å². The van der Waals surface area contributed by atoms with E-state index in [2.05, 4.69) is 10.0 Å². The van der Waals surface area contributed by atoms with Crippen LogP contribution < -0.4 is 10.0 Å². The van der Waals surface area contributed by atoms with Crippen molar-refractivity contribution in [2.24, 2.45) is 0 Å². The van der Waals surface area contributed by atoms with Gasteiger partial charge in [0, 0.05) is 24.2 Å². The Labute approximate surface area is 126 Å². The van der Waals surface area contributed by atoms with Gasteiger partial charge in [-0.25, -0.2) is 13.1 Å². The molecule has 4 nitrogen and oxygen atoms in total. The molecule has 1 aliphatic rings. The van der Waals surface area contributed by atoms with Crippen LogP contribution in [0.2, 0.25) is 5.02 Å². The van der Waals surface area contributed by atoms with E-state index < -0.39 is 10.0 Å². The average Bonchev–Trinajstić information content (AvgIpc) is 3.21. The number of hydrogen-bond donors (Lipinski definition) is 2. The molecule has 0 unspecified atom stereocenters. The van der Waals surface area contributed by atoms with E-state index in [-0.39, 0.29) is 4.90 Å². The van der Waals surface area contributed by atoms with Crippen LogP contribution in [0.5, 0.6) is 0 Å². The molecule has 6 heteroatoms. The van der Waals surface area contributed by atoms with Gasteiger partial charge in [-0.1, -0.05) is 18.5 Å². The van der Waals surface area contributed by atoms with E-state index in [0.717, 1.165) is 17.5 Å². The molecule has 0 saturated heterocycles. The van der Waals surface area contributed by atoms with Gasteiger partial charge in [0.05, 0.1) is 4.90 Å². The first kappa shape index (κ1) is 15.8. The molecule has 1 fully saturated rings. The zero-order valence-electron chi connectivity index (χ0n) is 11.9. The molecule has 20 heavy (non-hydrogen) atoms. The summed E-state index contributed by atoms with van der Waals surface area (Å²) < 4.78 is 27.1. The van der Waals surface area contributed by atoms with Crippen LogP contribution in [0.25, 0.3) is 0 Å². The second-order valence-electron chi connectivity index (χ2n) is 5.24. The quantitative estimate of drug-likeness (QED) is 0.813. The molecule has 0 bridgehead atoms. The molecule has 0 aromatic heterocycles. The predicted molar refractivity (Wildman–Crippen MR) is 81.5 cm³/mol. The lowest BCUT2D eigenvalue weighted by atomic mass is 10.1. The van der Waals surface area contributed by atoms with Crippen LogP contribution in [-0.4, -0.2) is 21.0 Å². The minimum absolute atomic E-state index is 0.283. The summed E-state index contributed by atoms with van der Waals surface area (Å²) in [6, 6.07) is 3.94. The summed E-state index contributed by atoms with van der Waals surface area (Å²) >= 11 is 6.07. The van der Waals surface area contributed by atoms with Crippen molar-refractivity contribution < 1.29 is 8.42 Å². The number of benzene rings is 1. The Morgan fingerprint density at radius 3 is 2.65 bits per heavy atom. The van der Waals surface area contributed by atoms with Crippen molar-refractivity contribution in [1.82, 2.24) is 10.0 Å². The van der Waals surface area contributed by atoms with Crippen LogP contribution in [0, 0.1) is 6.92 Å². The zero-order chi connectivity index (χ0) is 14.8. The Balaban J connectivity index is 2.27. The molecule has 2 N–H and O–H groups in total. The minimum Gasteiger partial charge on any atom is -0.310 e. The molecule has 1 aromatic carbocycles. The maximum atomic E-state index is 12.3. The normalized spacial score (nSPS) is 15.6. The van der Waals surface area contributed by atoms with E-state index in [4.69, 9.17) is 11.6 Å². The van der Waals surface area contributed by atoms with Crippen LogP contribution >= 0.6 is 11.6 Å². The number of halogens is 1.